The molecule has 2 atom stereocenters. The minimum atomic E-state index is -3.19. The first-order valence-electron chi connectivity index (χ1n) is 6.15. The van der Waals surface area contributed by atoms with E-state index in [0.29, 0.717) is 23.2 Å². The minimum absolute atomic E-state index is 0.174. The predicted octanol–water partition coefficient (Wildman–Crippen LogP) is 2.07. The van der Waals surface area contributed by atoms with Gasteiger partial charge in [-0.25, -0.2) is 8.42 Å². The van der Waals surface area contributed by atoms with Crippen LogP contribution in [0.4, 0.5) is 5.69 Å². The lowest BCUT2D eigenvalue weighted by atomic mass is 10.2. The summed E-state index contributed by atoms with van der Waals surface area (Å²) in [6.45, 7) is 2.71. The second-order valence-corrected chi connectivity index (χ2v) is 6.78. The summed E-state index contributed by atoms with van der Waals surface area (Å²) in [6, 6.07) is 6.97. The van der Waals surface area contributed by atoms with Crippen LogP contribution in [0.3, 0.4) is 0 Å². The fourth-order valence-corrected chi connectivity index (χ4v) is 3.06. The molecule has 0 aliphatic carbocycles. The van der Waals surface area contributed by atoms with Gasteiger partial charge in [-0.15, -0.1) is 0 Å². The highest BCUT2D eigenvalue weighted by molar-refractivity contribution is 7.90. The van der Waals surface area contributed by atoms with Crippen molar-refractivity contribution in [1.82, 2.24) is 0 Å². The van der Waals surface area contributed by atoms with Gasteiger partial charge < -0.3 is 10.1 Å². The van der Waals surface area contributed by atoms with Gasteiger partial charge in [-0.2, -0.15) is 0 Å². The largest absolute Gasteiger partial charge is 0.381 e. The van der Waals surface area contributed by atoms with Gasteiger partial charge in [0.1, 0.15) is 0 Å². The zero-order valence-corrected chi connectivity index (χ0v) is 11.5. The molecule has 0 radical (unpaired) electrons. The highest BCUT2D eigenvalue weighted by Gasteiger charge is 2.22. The number of nitrogens with one attached hydrogen (secondary N) is 1. The molecule has 1 aliphatic rings. The molecular weight excluding hydrogens is 250 g/mol. The van der Waals surface area contributed by atoms with Crippen LogP contribution < -0.4 is 5.32 Å². The van der Waals surface area contributed by atoms with Crippen LogP contribution in [0.5, 0.6) is 0 Å². The lowest BCUT2D eigenvalue weighted by Crippen LogP contribution is -2.20. The molecule has 1 saturated heterocycles. The molecule has 2 unspecified atom stereocenters. The van der Waals surface area contributed by atoms with E-state index in [0.717, 1.165) is 12.8 Å². The summed E-state index contributed by atoms with van der Waals surface area (Å²) < 4.78 is 29.0. The van der Waals surface area contributed by atoms with Crippen molar-refractivity contribution in [2.24, 2.45) is 0 Å². The first-order chi connectivity index (χ1) is 8.47. The number of hydrogen-bond acceptors (Lipinski definition) is 4. The molecular formula is C13H19NO3S. The van der Waals surface area contributed by atoms with Gasteiger partial charge >= 0.3 is 0 Å². The maximum Gasteiger partial charge on any atom is 0.177 e. The number of sulfone groups is 1. The molecule has 1 aromatic rings. The lowest BCUT2D eigenvalue weighted by Gasteiger charge is -2.15. The summed E-state index contributed by atoms with van der Waals surface area (Å²) in [5.74, 6) is 0. The molecule has 1 heterocycles. The lowest BCUT2D eigenvalue weighted by molar-refractivity contribution is 0.0636. The second-order valence-electron chi connectivity index (χ2n) is 4.80. The normalized spacial score (nSPS) is 24.1. The van der Waals surface area contributed by atoms with Gasteiger partial charge in [-0.3, -0.25) is 0 Å². The molecule has 100 valence electrons. The van der Waals surface area contributed by atoms with Gasteiger partial charge in [0.05, 0.1) is 22.8 Å². The molecule has 2 rings (SSSR count). The summed E-state index contributed by atoms with van der Waals surface area (Å²) in [5, 5.41) is 3.18. The fraction of sp³-hybridized carbons (Fsp3) is 0.538. The Morgan fingerprint density at radius 2 is 2.06 bits per heavy atom. The quantitative estimate of drug-likeness (QED) is 0.909. The Morgan fingerprint density at radius 1 is 1.33 bits per heavy atom. The molecule has 18 heavy (non-hydrogen) atoms. The van der Waals surface area contributed by atoms with Crippen LogP contribution in [-0.2, 0) is 14.6 Å². The first-order valence-corrected chi connectivity index (χ1v) is 8.04. The van der Waals surface area contributed by atoms with Crippen molar-refractivity contribution in [3.05, 3.63) is 24.3 Å². The third kappa shape index (κ3) is 3.23. The van der Waals surface area contributed by atoms with E-state index in [9.17, 15) is 8.42 Å². The van der Waals surface area contributed by atoms with E-state index in [1.807, 2.05) is 6.07 Å². The molecule has 0 saturated carbocycles. The SMILES string of the molecule is CC1CCC(CNc2ccccc2S(C)(=O)=O)O1. The maximum atomic E-state index is 11.6. The first kappa shape index (κ1) is 13.4. The Kier molecular flexibility index (Phi) is 3.92. The van der Waals surface area contributed by atoms with Crippen LogP contribution in [0.2, 0.25) is 0 Å². The minimum Gasteiger partial charge on any atom is -0.381 e. The number of benzene rings is 1. The zero-order valence-electron chi connectivity index (χ0n) is 10.7. The Bertz CT molecular complexity index is 513. The summed E-state index contributed by atoms with van der Waals surface area (Å²) in [6.07, 6.45) is 3.80. The molecule has 0 bridgehead atoms. The zero-order chi connectivity index (χ0) is 13.2. The van der Waals surface area contributed by atoms with Crippen molar-refractivity contribution >= 4 is 15.5 Å². The van der Waals surface area contributed by atoms with E-state index in [4.69, 9.17) is 4.74 Å². The molecule has 1 aliphatic heterocycles. The molecule has 0 spiro atoms. The van der Waals surface area contributed by atoms with Crippen molar-refractivity contribution in [3.8, 4) is 0 Å². The van der Waals surface area contributed by atoms with Crippen LogP contribution in [0.15, 0.2) is 29.2 Å². The monoisotopic (exact) mass is 269 g/mol. The van der Waals surface area contributed by atoms with E-state index in [1.165, 1.54) is 6.26 Å². The summed E-state index contributed by atoms with van der Waals surface area (Å²) >= 11 is 0. The number of hydrogen-bond donors (Lipinski definition) is 1. The van der Waals surface area contributed by atoms with Gasteiger partial charge in [0.15, 0.2) is 9.84 Å². The van der Waals surface area contributed by atoms with Gasteiger partial charge in [0.2, 0.25) is 0 Å². The van der Waals surface area contributed by atoms with Crippen LogP contribution in [-0.4, -0.2) is 33.4 Å². The van der Waals surface area contributed by atoms with E-state index in [2.05, 4.69) is 12.2 Å². The van der Waals surface area contributed by atoms with Crippen molar-refractivity contribution in [1.29, 1.82) is 0 Å². The van der Waals surface area contributed by atoms with Crippen LogP contribution in [0, 0.1) is 0 Å². The summed E-state index contributed by atoms with van der Waals surface area (Å²) in [4.78, 5) is 0.344. The van der Waals surface area contributed by atoms with Crippen LogP contribution >= 0.6 is 0 Å². The van der Waals surface area contributed by atoms with Crippen molar-refractivity contribution in [2.45, 2.75) is 36.9 Å². The van der Waals surface area contributed by atoms with E-state index < -0.39 is 9.84 Å². The number of anilines is 1. The van der Waals surface area contributed by atoms with Crippen LogP contribution in [0.25, 0.3) is 0 Å². The van der Waals surface area contributed by atoms with Crippen molar-refractivity contribution < 1.29 is 13.2 Å². The van der Waals surface area contributed by atoms with Crippen LogP contribution in [0.1, 0.15) is 19.8 Å². The average Bonchev–Trinajstić information content (AvgIpc) is 2.72. The molecule has 1 N–H and O–H groups in total. The van der Waals surface area contributed by atoms with Gasteiger partial charge in [-0.05, 0) is 31.9 Å². The second kappa shape index (κ2) is 5.28. The highest BCUT2D eigenvalue weighted by atomic mass is 32.2. The van der Waals surface area contributed by atoms with Gasteiger partial charge in [0.25, 0.3) is 0 Å². The van der Waals surface area contributed by atoms with Gasteiger partial charge in [-0.1, -0.05) is 12.1 Å². The topological polar surface area (TPSA) is 55.4 Å². The van der Waals surface area contributed by atoms with E-state index >= 15 is 0 Å². The summed E-state index contributed by atoms with van der Waals surface area (Å²) in [5.41, 5.74) is 0.656. The smallest absolute Gasteiger partial charge is 0.177 e. The Balaban J connectivity index is 2.06. The Hall–Kier alpha value is -1.07. The highest BCUT2D eigenvalue weighted by Crippen LogP contribution is 2.23. The van der Waals surface area contributed by atoms with Crippen molar-refractivity contribution in [2.75, 3.05) is 18.1 Å². The Labute approximate surface area is 108 Å². The molecule has 0 aromatic heterocycles. The molecule has 5 heteroatoms. The van der Waals surface area contributed by atoms with E-state index in [1.54, 1.807) is 18.2 Å². The molecule has 4 nitrogen and oxygen atoms in total. The fourth-order valence-electron chi connectivity index (χ4n) is 2.20. The Morgan fingerprint density at radius 3 is 2.67 bits per heavy atom. The third-order valence-electron chi connectivity index (χ3n) is 3.13. The number of rotatable bonds is 4. The molecule has 1 aromatic carbocycles. The third-order valence-corrected chi connectivity index (χ3v) is 4.28. The molecule has 0 amide bonds. The van der Waals surface area contributed by atoms with E-state index in [-0.39, 0.29) is 6.10 Å². The van der Waals surface area contributed by atoms with Gasteiger partial charge in [0, 0.05) is 12.8 Å². The number of para-hydroxylation sites is 1. The summed E-state index contributed by atoms with van der Waals surface area (Å²) in [7, 11) is -3.19. The van der Waals surface area contributed by atoms with Crippen molar-refractivity contribution in [3.63, 3.8) is 0 Å². The average molecular weight is 269 g/mol. The number of ether oxygens (including phenoxy) is 1. The molecule has 1 fully saturated rings. The maximum absolute atomic E-state index is 11.6. The standard InChI is InChI=1S/C13H19NO3S/c1-10-7-8-11(17-10)9-14-12-5-3-4-6-13(12)18(2,15)16/h3-6,10-11,14H,7-9H2,1-2H3. The predicted molar refractivity (Wildman–Crippen MR) is 71.6 cm³/mol.